The molecule has 76 valence electrons. The maximum absolute atomic E-state index is 9.90. The molecule has 0 aromatic heterocycles. The van der Waals surface area contributed by atoms with E-state index in [1.165, 1.54) is 5.56 Å². The van der Waals surface area contributed by atoms with Crippen molar-refractivity contribution in [2.24, 2.45) is 0 Å². The average molecular weight is 256 g/mol. The van der Waals surface area contributed by atoms with Gasteiger partial charge in [-0.05, 0) is 30.5 Å². The fraction of sp³-hybridized carbons (Fsp3) is 0.455. The minimum Gasteiger partial charge on any atom is -0.387 e. The molecule has 0 fully saturated rings. The van der Waals surface area contributed by atoms with Gasteiger partial charge in [-0.2, -0.15) is 0 Å². The first-order chi connectivity index (χ1) is 6.68. The Balaban J connectivity index is 2.46. The zero-order valence-corrected chi connectivity index (χ0v) is 9.71. The summed E-state index contributed by atoms with van der Waals surface area (Å²) in [7, 11) is 0. The molecule has 0 spiro atoms. The van der Waals surface area contributed by atoms with E-state index in [0.717, 1.165) is 16.5 Å². The Hall–Kier alpha value is -0.380. The second-order valence-electron chi connectivity index (χ2n) is 3.84. The highest BCUT2D eigenvalue weighted by molar-refractivity contribution is 9.10. The molecule has 0 amide bonds. The molecule has 2 atom stereocenters. The second kappa shape index (κ2) is 4.01. The summed E-state index contributed by atoms with van der Waals surface area (Å²) in [4.78, 5) is 0. The van der Waals surface area contributed by atoms with Gasteiger partial charge in [-0.1, -0.05) is 28.1 Å². The number of nitrogens with one attached hydrogen (secondary N) is 1. The average Bonchev–Trinajstić information content (AvgIpc) is 2.30. The highest BCUT2D eigenvalue weighted by Crippen LogP contribution is 2.28. The molecule has 1 aliphatic heterocycles. The lowest BCUT2D eigenvalue weighted by Gasteiger charge is -2.11. The van der Waals surface area contributed by atoms with Gasteiger partial charge in [0.1, 0.15) is 0 Å². The molecule has 1 aliphatic rings. The number of hydrogen-bond acceptors (Lipinski definition) is 2. The summed E-state index contributed by atoms with van der Waals surface area (Å²) < 4.78 is 1.10. The molecule has 0 saturated carbocycles. The van der Waals surface area contributed by atoms with Gasteiger partial charge in [0.15, 0.2) is 0 Å². The van der Waals surface area contributed by atoms with Crippen LogP contribution in [0, 0.1) is 0 Å². The molecule has 2 rings (SSSR count). The topological polar surface area (TPSA) is 32.3 Å². The monoisotopic (exact) mass is 255 g/mol. The highest BCUT2D eigenvalue weighted by atomic mass is 79.9. The molecule has 0 radical (unpaired) electrons. The van der Waals surface area contributed by atoms with Crippen molar-refractivity contribution in [1.82, 2.24) is 5.32 Å². The summed E-state index contributed by atoms with van der Waals surface area (Å²) in [6.07, 6.45) is 0.584. The number of hydrogen-bond donors (Lipinski definition) is 2. The molecule has 14 heavy (non-hydrogen) atoms. The molecule has 2 N–H and O–H groups in total. The molecule has 0 saturated heterocycles. The summed E-state index contributed by atoms with van der Waals surface area (Å²) >= 11 is 3.53. The molecule has 0 aliphatic carbocycles. The van der Waals surface area contributed by atoms with Gasteiger partial charge < -0.3 is 10.4 Å². The summed E-state index contributed by atoms with van der Waals surface area (Å²) in [6, 6.07) is 6.43. The molecule has 2 nitrogen and oxygen atoms in total. The van der Waals surface area contributed by atoms with Gasteiger partial charge in [0.2, 0.25) is 0 Å². The van der Waals surface area contributed by atoms with Crippen molar-refractivity contribution in [3.63, 3.8) is 0 Å². The van der Waals surface area contributed by atoms with Crippen molar-refractivity contribution in [1.29, 1.82) is 0 Å². The largest absolute Gasteiger partial charge is 0.387 e. The Morgan fingerprint density at radius 1 is 1.50 bits per heavy atom. The lowest BCUT2D eigenvalue weighted by atomic mass is 10.00. The molecule has 1 aromatic carbocycles. The minimum atomic E-state index is -0.382. The maximum atomic E-state index is 9.90. The van der Waals surface area contributed by atoms with E-state index in [-0.39, 0.29) is 6.10 Å². The second-order valence-corrected chi connectivity index (χ2v) is 4.69. The predicted octanol–water partition coefficient (Wildman–Crippen LogP) is 2.02. The third-order valence-corrected chi connectivity index (χ3v) is 3.43. The zero-order chi connectivity index (χ0) is 10.1. The van der Waals surface area contributed by atoms with Crippen molar-refractivity contribution in [2.75, 3.05) is 6.54 Å². The van der Waals surface area contributed by atoms with Crippen LogP contribution in [-0.4, -0.2) is 17.7 Å². The number of fused-ring (bicyclic) bond motifs is 1. The summed E-state index contributed by atoms with van der Waals surface area (Å²) in [5.74, 6) is 0. The first kappa shape index (κ1) is 10.1. The lowest BCUT2D eigenvalue weighted by molar-refractivity contribution is 0.175. The lowest BCUT2D eigenvalue weighted by Crippen LogP contribution is -2.28. The number of β-amino-alcohol motifs (C(OH)–C–C–N with tert-alkyl or cyclic N) is 1. The van der Waals surface area contributed by atoms with Crippen LogP contribution in [0.4, 0.5) is 0 Å². The van der Waals surface area contributed by atoms with E-state index in [1.807, 2.05) is 18.2 Å². The van der Waals surface area contributed by atoms with Crippen molar-refractivity contribution < 1.29 is 5.11 Å². The van der Waals surface area contributed by atoms with Crippen LogP contribution < -0.4 is 5.32 Å². The molecular weight excluding hydrogens is 242 g/mol. The maximum Gasteiger partial charge on any atom is 0.0917 e. The van der Waals surface area contributed by atoms with Crippen LogP contribution in [0.15, 0.2) is 22.7 Å². The van der Waals surface area contributed by atoms with Crippen LogP contribution in [0.1, 0.15) is 24.2 Å². The molecule has 3 heteroatoms. The Bertz CT molecular complexity index is 340. The van der Waals surface area contributed by atoms with Crippen LogP contribution in [0.25, 0.3) is 0 Å². The van der Waals surface area contributed by atoms with Crippen molar-refractivity contribution in [2.45, 2.75) is 25.5 Å². The molecule has 2 unspecified atom stereocenters. The van der Waals surface area contributed by atoms with Gasteiger partial charge in [0.25, 0.3) is 0 Å². The van der Waals surface area contributed by atoms with E-state index in [9.17, 15) is 5.11 Å². The van der Waals surface area contributed by atoms with E-state index in [1.54, 1.807) is 0 Å². The number of halogens is 1. The van der Waals surface area contributed by atoms with Crippen LogP contribution in [0.5, 0.6) is 0 Å². The Kier molecular flexibility index (Phi) is 2.91. The minimum absolute atomic E-state index is 0.382. The van der Waals surface area contributed by atoms with E-state index < -0.39 is 0 Å². The highest BCUT2D eigenvalue weighted by Gasteiger charge is 2.20. The van der Waals surface area contributed by atoms with Gasteiger partial charge in [0, 0.05) is 17.1 Å². The van der Waals surface area contributed by atoms with Crippen LogP contribution in [0.2, 0.25) is 0 Å². The Morgan fingerprint density at radius 3 is 3.07 bits per heavy atom. The predicted molar refractivity (Wildman–Crippen MR) is 60.3 cm³/mol. The number of aliphatic hydroxyl groups is 1. The fourth-order valence-corrected chi connectivity index (χ4v) is 2.45. The van der Waals surface area contributed by atoms with Gasteiger partial charge >= 0.3 is 0 Å². The van der Waals surface area contributed by atoms with E-state index in [0.29, 0.717) is 12.6 Å². The van der Waals surface area contributed by atoms with E-state index in [4.69, 9.17) is 0 Å². The molecule has 0 bridgehead atoms. The molecule has 1 heterocycles. The third-order valence-electron chi connectivity index (χ3n) is 2.68. The quantitative estimate of drug-likeness (QED) is 0.744. The summed E-state index contributed by atoms with van der Waals surface area (Å²) in [5.41, 5.74) is 2.29. The van der Waals surface area contributed by atoms with Gasteiger partial charge in [0.05, 0.1) is 6.10 Å². The summed E-state index contributed by atoms with van der Waals surface area (Å²) in [5, 5.41) is 13.2. The normalized spacial score (nSPS) is 26.8. The SMILES string of the molecule is CC1Cc2c(Br)cccc2C(O)CN1. The first-order valence-electron chi connectivity index (χ1n) is 4.87. The van der Waals surface area contributed by atoms with Crippen LogP contribution >= 0.6 is 15.9 Å². The fourth-order valence-electron chi connectivity index (χ4n) is 1.90. The molecular formula is C11H14BrNO. The molecule has 1 aromatic rings. The van der Waals surface area contributed by atoms with Crippen molar-refractivity contribution in [3.05, 3.63) is 33.8 Å². The zero-order valence-electron chi connectivity index (χ0n) is 8.13. The number of rotatable bonds is 0. The first-order valence-corrected chi connectivity index (χ1v) is 5.66. The van der Waals surface area contributed by atoms with Gasteiger partial charge in [-0.15, -0.1) is 0 Å². The van der Waals surface area contributed by atoms with Gasteiger partial charge in [-0.25, -0.2) is 0 Å². The Morgan fingerprint density at radius 2 is 2.29 bits per heavy atom. The van der Waals surface area contributed by atoms with Gasteiger partial charge in [-0.3, -0.25) is 0 Å². The number of benzene rings is 1. The van der Waals surface area contributed by atoms with E-state index in [2.05, 4.69) is 28.2 Å². The van der Waals surface area contributed by atoms with Crippen molar-refractivity contribution >= 4 is 15.9 Å². The summed E-state index contributed by atoms with van der Waals surface area (Å²) in [6.45, 7) is 2.78. The standard InChI is InChI=1S/C11H14BrNO/c1-7-5-9-8(11(14)6-13-7)3-2-4-10(9)12/h2-4,7,11,13-14H,5-6H2,1H3. The van der Waals surface area contributed by atoms with Crippen LogP contribution in [0.3, 0.4) is 0 Å². The third kappa shape index (κ3) is 1.85. The van der Waals surface area contributed by atoms with Crippen LogP contribution in [-0.2, 0) is 6.42 Å². The number of aliphatic hydroxyl groups excluding tert-OH is 1. The smallest absolute Gasteiger partial charge is 0.0917 e. The van der Waals surface area contributed by atoms with Crippen molar-refractivity contribution in [3.8, 4) is 0 Å². The Labute approximate surface area is 92.5 Å². The van der Waals surface area contributed by atoms with E-state index >= 15 is 0 Å².